The average Bonchev–Trinajstić information content (AvgIpc) is 2.53. The van der Waals surface area contributed by atoms with Crippen LogP contribution in [0.25, 0.3) is 0 Å². The van der Waals surface area contributed by atoms with E-state index in [1.54, 1.807) is 0 Å². The topological polar surface area (TPSA) is 69.4 Å². The maximum atomic E-state index is 13.7. The predicted molar refractivity (Wildman–Crippen MR) is 85.0 cm³/mol. The van der Waals surface area contributed by atoms with E-state index in [1.165, 1.54) is 18.2 Å². The van der Waals surface area contributed by atoms with Crippen molar-refractivity contribution in [3.63, 3.8) is 0 Å². The van der Waals surface area contributed by atoms with Gasteiger partial charge in [-0.2, -0.15) is 5.26 Å². The van der Waals surface area contributed by atoms with Gasteiger partial charge in [-0.05, 0) is 38.5 Å². The first kappa shape index (κ1) is 17.9. The van der Waals surface area contributed by atoms with Crippen LogP contribution in [-0.2, 0) is 11.3 Å². The lowest BCUT2D eigenvalue weighted by Crippen LogP contribution is -2.38. The fourth-order valence-corrected chi connectivity index (χ4v) is 1.80. The van der Waals surface area contributed by atoms with Crippen molar-refractivity contribution in [2.45, 2.75) is 26.8 Å². The van der Waals surface area contributed by atoms with Gasteiger partial charge in [0.1, 0.15) is 5.82 Å². The van der Waals surface area contributed by atoms with Gasteiger partial charge in [0.05, 0.1) is 18.2 Å². The second kappa shape index (κ2) is 10.6. The summed E-state index contributed by atoms with van der Waals surface area (Å²) in [6.07, 6.45) is 0.872. The van der Waals surface area contributed by atoms with E-state index in [4.69, 9.17) is 10.00 Å². The molecule has 0 unspecified atom stereocenters. The third-order valence-electron chi connectivity index (χ3n) is 2.89. The number of benzene rings is 1. The van der Waals surface area contributed by atoms with Crippen molar-refractivity contribution < 1.29 is 9.13 Å². The lowest BCUT2D eigenvalue weighted by Gasteiger charge is -2.11. The first-order chi connectivity index (χ1) is 10.7. The fraction of sp³-hybridized carbons (Fsp3) is 0.500. The molecule has 0 atom stereocenters. The van der Waals surface area contributed by atoms with E-state index in [0.717, 1.165) is 19.5 Å². The number of halogens is 1. The summed E-state index contributed by atoms with van der Waals surface area (Å²) in [5.74, 6) is 0.274. The van der Waals surface area contributed by atoms with Crippen molar-refractivity contribution in [1.82, 2.24) is 10.6 Å². The first-order valence-electron chi connectivity index (χ1n) is 7.49. The van der Waals surface area contributed by atoms with E-state index in [9.17, 15) is 4.39 Å². The number of aliphatic imine (C=N–C) groups is 1. The molecule has 0 bridgehead atoms. The Bertz CT molecular complexity index is 525. The molecular formula is C16H23FN4O. The fourth-order valence-electron chi connectivity index (χ4n) is 1.80. The van der Waals surface area contributed by atoms with Gasteiger partial charge in [-0.1, -0.05) is 0 Å². The number of hydrogen-bond donors (Lipinski definition) is 2. The lowest BCUT2D eigenvalue weighted by atomic mass is 10.1. The number of nitriles is 1. The molecule has 0 aromatic heterocycles. The molecule has 1 aromatic rings. The summed E-state index contributed by atoms with van der Waals surface area (Å²) >= 11 is 0. The highest BCUT2D eigenvalue weighted by Crippen LogP contribution is 2.11. The van der Waals surface area contributed by atoms with Crippen LogP contribution in [-0.4, -0.2) is 32.3 Å². The standard InChI is InChI=1S/C16H23FN4O/c1-3-19-16(20-8-5-9-22-4-2)21-12-14-10-13(11-18)6-7-15(14)17/h6-7,10H,3-5,8-9,12H2,1-2H3,(H2,19,20,21). The van der Waals surface area contributed by atoms with Gasteiger partial charge in [0.2, 0.25) is 0 Å². The van der Waals surface area contributed by atoms with E-state index in [0.29, 0.717) is 30.3 Å². The second-order valence-corrected chi connectivity index (χ2v) is 4.59. The van der Waals surface area contributed by atoms with Gasteiger partial charge in [-0.25, -0.2) is 9.38 Å². The Morgan fingerprint density at radius 3 is 2.86 bits per heavy atom. The van der Waals surface area contributed by atoms with Crippen molar-refractivity contribution in [2.75, 3.05) is 26.3 Å². The minimum absolute atomic E-state index is 0.183. The number of hydrogen-bond acceptors (Lipinski definition) is 3. The van der Waals surface area contributed by atoms with Crippen LogP contribution < -0.4 is 10.6 Å². The zero-order valence-electron chi connectivity index (χ0n) is 13.2. The molecule has 1 aromatic carbocycles. The average molecular weight is 306 g/mol. The number of guanidine groups is 1. The van der Waals surface area contributed by atoms with E-state index in [2.05, 4.69) is 15.6 Å². The Morgan fingerprint density at radius 2 is 2.18 bits per heavy atom. The summed E-state index contributed by atoms with van der Waals surface area (Å²) in [4.78, 5) is 4.34. The monoisotopic (exact) mass is 306 g/mol. The molecule has 0 spiro atoms. The van der Waals surface area contributed by atoms with Gasteiger partial charge in [-0.3, -0.25) is 0 Å². The quantitative estimate of drug-likeness (QED) is 0.439. The molecule has 0 aliphatic rings. The maximum absolute atomic E-state index is 13.7. The molecule has 6 heteroatoms. The van der Waals surface area contributed by atoms with Crippen molar-refractivity contribution in [3.05, 3.63) is 35.1 Å². The van der Waals surface area contributed by atoms with Crippen LogP contribution in [0.15, 0.2) is 23.2 Å². The van der Waals surface area contributed by atoms with Gasteiger partial charge < -0.3 is 15.4 Å². The van der Waals surface area contributed by atoms with Crippen LogP contribution in [0.1, 0.15) is 31.4 Å². The molecule has 0 aliphatic carbocycles. The van der Waals surface area contributed by atoms with Crippen molar-refractivity contribution in [1.29, 1.82) is 5.26 Å². The lowest BCUT2D eigenvalue weighted by molar-refractivity contribution is 0.145. The molecule has 120 valence electrons. The van der Waals surface area contributed by atoms with Gasteiger partial charge >= 0.3 is 0 Å². The van der Waals surface area contributed by atoms with Crippen LogP contribution >= 0.6 is 0 Å². The zero-order chi connectivity index (χ0) is 16.2. The smallest absolute Gasteiger partial charge is 0.191 e. The molecule has 5 nitrogen and oxygen atoms in total. The van der Waals surface area contributed by atoms with Crippen molar-refractivity contribution in [2.24, 2.45) is 4.99 Å². The molecule has 22 heavy (non-hydrogen) atoms. The van der Waals surface area contributed by atoms with Crippen molar-refractivity contribution in [3.8, 4) is 6.07 Å². The Morgan fingerprint density at radius 1 is 1.36 bits per heavy atom. The minimum atomic E-state index is -0.352. The van der Waals surface area contributed by atoms with Crippen LogP contribution in [0.5, 0.6) is 0 Å². The molecule has 0 radical (unpaired) electrons. The van der Waals surface area contributed by atoms with Crippen LogP contribution in [0.4, 0.5) is 4.39 Å². The Hall–Kier alpha value is -2.13. The van der Waals surface area contributed by atoms with Crippen LogP contribution in [0.3, 0.4) is 0 Å². The molecule has 0 amide bonds. The largest absolute Gasteiger partial charge is 0.382 e. The summed E-state index contributed by atoms with van der Waals surface area (Å²) in [6.45, 7) is 6.97. The highest BCUT2D eigenvalue weighted by atomic mass is 19.1. The maximum Gasteiger partial charge on any atom is 0.191 e. The van der Waals surface area contributed by atoms with E-state index >= 15 is 0 Å². The summed E-state index contributed by atoms with van der Waals surface area (Å²) in [7, 11) is 0. The molecule has 0 heterocycles. The number of rotatable bonds is 8. The van der Waals surface area contributed by atoms with Gasteiger partial charge in [0, 0.05) is 31.9 Å². The highest BCUT2D eigenvalue weighted by molar-refractivity contribution is 5.79. The van der Waals surface area contributed by atoms with Gasteiger partial charge in [-0.15, -0.1) is 0 Å². The van der Waals surface area contributed by atoms with Crippen LogP contribution in [0, 0.1) is 17.1 Å². The van der Waals surface area contributed by atoms with Gasteiger partial charge in [0.15, 0.2) is 5.96 Å². The Balaban J connectivity index is 2.60. The molecule has 0 saturated heterocycles. The number of nitrogens with one attached hydrogen (secondary N) is 2. The SMILES string of the molecule is CCNC(=NCc1cc(C#N)ccc1F)NCCCOCC. The minimum Gasteiger partial charge on any atom is -0.382 e. The Labute approximate surface area is 131 Å². The third kappa shape index (κ3) is 6.55. The number of ether oxygens (including phenoxy) is 1. The molecule has 2 N–H and O–H groups in total. The van der Waals surface area contributed by atoms with Crippen LogP contribution in [0.2, 0.25) is 0 Å². The van der Waals surface area contributed by atoms with Gasteiger partial charge in [0.25, 0.3) is 0 Å². The summed E-state index contributed by atoms with van der Waals surface area (Å²) < 4.78 is 19.0. The van der Waals surface area contributed by atoms with E-state index in [-0.39, 0.29) is 12.4 Å². The normalized spacial score (nSPS) is 11.1. The second-order valence-electron chi connectivity index (χ2n) is 4.59. The molecular weight excluding hydrogens is 283 g/mol. The summed E-state index contributed by atoms with van der Waals surface area (Å²) in [5, 5.41) is 15.1. The summed E-state index contributed by atoms with van der Waals surface area (Å²) in [5.41, 5.74) is 0.840. The Kier molecular flexibility index (Phi) is 8.61. The molecule has 0 fully saturated rings. The zero-order valence-corrected chi connectivity index (χ0v) is 13.2. The van der Waals surface area contributed by atoms with E-state index < -0.39 is 0 Å². The molecule has 1 rings (SSSR count). The third-order valence-corrected chi connectivity index (χ3v) is 2.89. The first-order valence-corrected chi connectivity index (χ1v) is 7.49. The van der Waals surface area contributed by atoms with Crippen molar-refractivity contribution >= 4 is 5.96 Å². The highest BCUT2D eigenvalue weighted by Gasteiger charge is 2.04. The predicted octanol–water partition coefficient (Wildman–Crippen LogP) is 2.18. The van der Waals surface area contributed by atoms with E-state index in [1.807, 2.05) is 19.9 Å². The molecule has 0 saturated carbocycles. The molecule has 0 aliphatic heterocycles. The summed E-state index contributed by atoms with van der Waals surface area (Å²) in [6, 6.07) is 6.28. The number of nitrogens with zero attached hydrogens (tertiary/aromatic N) is 2.